The lowest BCUT2D eigenvalue weighted by atomic mass is 10.1. The van der Waals surface area contributed by atoms with E-state index in [2.05, 4.69) is 10.6 Å². The highest BCUT2D eigenvalue weighted by molar-refractivity contribution is 8.76. The van der Waals surface area contributed by atoms with E-state index in [0.717, 1.165) is 9.79 Å². The van der Waals surface area contributed by atoms with Crippen molar-refractivity contribution in [2.75, 3.05) is 0 Å². The first-order chi connectivity index (χ1) is 13.0. The fraction of sp³-hybridized carbons (Fsp3) is 0.364. The first-order valence-electron chi connectivity index (χ1n) is 9.14. The van der Waals surface area contributed by atoms with Crippen molar-refractivity contribution in [3.8, 4) is 0 Å². The van der Waals surface area contributed by atoms with Crippen LogP contribution in [0.5, 0.6) is 0 Å². The van der Waals surface area contributed by atoms with E-state index in [9.17, 15) is 9.59 Å². The molecule has 0 saturated carbocycles. The van der Waals surface area contributed by atoms with Gasteiger partial charge in [0.05, 0.1) is 11.1 Å². The molecule has 4 nitrogen and oxygen atoms in total. The highest BCUT2D eigenvalue weighted by Gasteiger charge is 2.20. The van der Waals surface area contributed by atoms with Crippen molar-refractivity contribution in [1.29, 1.82) is 0 Å². The molecule has 0 unspecified atom stereocenters. The highest BCUT2D eigenvalue weighted by atomic mass is 33.1. The number of hydrogen-bond acceptors (Lipinski definition) is 4. The molecule has 0 atom stereocenters. The normalized spacial score (nSPS) is 11.8. The van der Waals surface area contributed by atoms with Crippen LogP contribution in [0.15, 0.2) is 58.3 Å². The summed E-state index contributed by atoms with van der Waals surface area (Å²) in [5, 5.41) is 6.01. The van der Waals surface area contributed by atoms with Crippen LogP contribution in [-0.4, -0.2) is 22.9 Å². The van der Waals surface area contributed by atoms with Crippen molar-refractivity contribution in [2.45, 2.75) is 62.4 Å². The van der Waals surface area contributed by atoms with Gasteiger partial charge in [-0.3, -0.25) is 9.59 Å². The summed E-state index contributed by atoms with van der Waals surface area (Å²) in [6.07, 6.45) is 0. The van der Waals surface area contributed by atoms with Crippen molar-refractivity contribution in [3.63, 3.8) is 0 Å². The zero-order valence-electron chi connectivity index (χ0n) is 17.3. The summed E-state index contributed by atoms with van der Waals surface area (Å²) in [7, 11) is 2.96. The Morgan fingerprint density at radius 2 is 0.964 bits per heavy atom. The maximum atomic E-state index is 12.6. The Kier molecular flexibility index (Phi) is 7.23. The summed E-state index contributed by atoms with van der Waals surface area (Å²) in [6.45, 7) is 11.7. The first-order valence-corrected chi connectivity index (χ1v) is 11.3. The van der Waals surface area contributed by atoms with Crippen molar-refractivity contribution < 1.29 is 9.59 Å². The minimum absolute atomic E-state index is 0.102. The Hall–Kier alpha value is -1.92. The van der Waals surface area contributed by atoms with Gasteiger partial charge in [0.25, 0.3) is 11.8 Å². The number of carbonyl (C=O) groups excluding carboxylic acids is 2. The second-order valence-electron chi connectivity index (χ2n) is 8.57. The first kappa shape index (κ1) is 22.4. The van der Waals surface area contributed by atoms with Crippen LogP contribution >= 0.6 is 21.6 Å². The van der Waals surface area contributed by atoms with E-state index in [-0.39, 0.29) is 22.9 Å². The lowest BCUT2D eigenvalue weighted by molar-refractivity contribution is 0.0907. The fourth-order valence-electron chi connectivity index (χ4n) is 2.36. The molecule has 2 aromatic rings. The van der Waals surface area contributed by atoms with E-state index in [1.165, 1.54) is 21.6 Å². The van der Waals surface area contributed by atoms with E-state index in [4.69, 9.17) is 0 Å². The zero-order valence-corrected chi connectivity index (χ0v) is 18.9. The molecule has 0 aliphatic carbocycles. The molecular weight excluding hydrogens is 388 g/mol. The maximum absolute atomic E-state index is 12.6. The second kappa shape index (κ2) is 9.05. The summed E-state index contributed by atoms with van der Waals surface area (Å²) in [4.78, 5) is 27.0. The van der Waals surface area contributed by atoms with Gasteiger partial charge in [0.15, 0.2) is 0 Å². The molecule has 0 heterocycles. The largest absolute Gasteiger partial charge is 0.347 e. The molecule has 0 bridgehead atoms. The van der Waals surface area contributed by atoms with Crippen LogP contribution < -0.4 is 10.6 Å². The van der Waals surface area contributed by atoms with E-state index < -0.39 is 0 Å². The summed E-state index contributed by atoms with van der Waals surface area (Å²) >= 11 is 0. The monoisotopic (exact) mass is 416 g/mol. The van der Waals surface area contributed by atoms with Crippen LogP contribution in [0, 0.1) is 0 Å². The lowest BCUT2D eigenvalue weighted by Crippen LogP contribution is -2.40. The number of amides is 2. The van der Waals surface area contributed by atoms with Gasteiger partial charge in [-0.1, -0.05) is 45.9 Å². The molecule has 150 valence electrons. The molecule has 2 amide bonds. The second-order valence-corrected chi connectivity index (χ2v) is 10.8. The topological polar surface area (TPSA) is 58.2 Å². The van der Waals surface area contributed by atoms with Crippen LogP contribution in [0.1, 0.15) is 62.3 Å². The van der Waals surface area contributed by atoms with Gasteiger partial charge in [0.1, 0.15) is 0 Å². The van der Waals surface area contributed by atoms with Gasteiger partial charge >= 0.3 is 0 Å². The lowest BCUT2D eigenvalue weighted by Gasteiger charge is -2.22. The number of nitrogens with one attached hydrogen (secondary N) is 2. The Labute approximate surface area is 175 Å². The predicted molar refractivity (Wildman–Crippen MR) is 119 cm³/mol. The molecule has 0 radical (unpaired) electrons. The molecule has 2 N–H and O–H groups in total. The van der Waals surface area contributed by atoms with Gasteiger partial charge in [-0.15, -0.1) is 0 Å². The Morgan fingerprint density at radius 1 is 0.643 bits per heavy atom. The van der Waals surface area contributed by atoms with Crippen LogP contribution in [-0.2, 0) is 0 Å². The molecule has 2 aromatic carbocycles. The van der Waals surface area contributed by atoms with Crippen molar-refractivity contribution in [1.82, 2.24) is 10.6 Å². The molecule has 0 fully saturated rings. The molecule has 2 rings (SSSR count). The molecule has 0 saturated heterocycles. The third-order valence-electron chi connectivity index (χ3n) is 3.46. The maximum Gasteiger partial charge on any atom is 0.252 e. The standard InChI is InChI=1S/C22H28N2O2S2/c1-21(2,3)23-19(25)15-11-7-9-13-17(15)27-28-18-14-10-8-12-16(18)20(26)24-22(4,5)6/h7-14H,1-6H3,(H,23,25)(H,24,26). The van der Waals surface area contributed by atoms with Crippen LogP contribution in [0.4, 0.5) is 0 Å². The van der Waals surface area contributed by atoms with Crippen LogP contribution in [0.2, 0.25) is 0 Å². The van der Waals surface area contributed by atoms with E-state index in [1.54, 1.807) is 0 Å². The summed E-state index contributed by atoms with van der Waals surface area (Å²) in [5.41, 5.74) is 0.650. The Morgan fingerprint density at radius 3 is 1.29 bits per heavy atom. The number of rotatable bonds is 5. The Balaban J connectivity index is 2.20. The van der Waals surface area contributed by atoms with Crippen molar-refractivity contribution in [3.05, 3.63) is 59.7 Å². The summed E-state index contributed by atoms with van der Waals surface area (Å²) in [6, 6.07) is 15.0. The smallest absolute Gasteiger partial charge is 0.252 e. The number of hydrogen-bond donors (Lipinski definition) is 2. The van der Waals surface area contributed by atoms with Gasteiger partial charge in [-0.25, -0.2) is 0 Å². The van der Waals surface area contributed by atoms with E-state index in [0.29, 0.717) is 11.1 Å². The molecule has 0 aliphatic rings. The Bertz CT molecular complexity index is 781. The predicted octanol–water partition coefficient (Wildman–Crippen LogP) is 5.54. The quantitative estimate of drug-likeness (QED) is 0.628. The summed E-state index contributed by atoms with van der Waals surface area (Å²) < 4.78 is 0. The third kappa shape index (κ3) is 6.91. The SMILES string of the molecule is CC(C)(C)NC(=O)c1ccccc1SSc1ccccc1C(=O)NC(C)(C)C. The molecule has 28 heavy (non-hydrogen) atoms. The molecule has 0 aliphatic heterocycles. The fourth-order valence-corrected chi connectivity index (χ4v) is 4.72. The minimum Gasteiger partial charge on any atom is -0.347 e. The average Bonchev–Trinajstić information content (AvgIpc) is 2.57. The van der Waals surface area contributed by atoms with Gasteiger partial charge in [-0.2, -0.15) is 0 Å². The van der Waals surface area contributed by atoms with Gasteiger partial charge in [-0.05, 0) is 65.8 Å². The van der Waals surface area contributed by atoms with E-state index in [1.807, 2.05) is 90.1 Å². The average molecular weight is 417 g/mol. The summed E-state index contributed by atoms with van der Waals surface area (Å²) in [5.74, 6) is -0.204. The highest BCUT2D eigenvalue weighted by Crippen LogP contribution is 2.40. The van der Waals surface area contributed by atoms with Gasteiger partial charge < -0.3 is 10.6 Å². The minimum atomic E-state index is -0.306. The van der Waals surface area contributed by atoms with Crippen LogP contribution in [0.25, 0.3) is 0 Å². The van der Waals surface area contributed by atoms with Crippen LogP contribution in [0.3, 0.4) is 0 Å². The molecule has 0 aromatic heterocycles. The molecule has 6 heteroatoms. The zero-order chi connectivity index (χ0) is 20.9. The molecular formula is C22H28N2O2S2. The molecule has 0 spiro atoms. The van der Waals surface area contributed by atoms with Crippen molar-refractivity contribution >= 4 is 33.4 Å². The van der Waals surface area contributed by atoms with E-state index >= 15 is 0 Å². The van der Waals surface area contributed by atoms with Crippen molar-refractivity contribution in [2.24, 2.45) is 0 Å². The number of benzene rings is 2. The van der Waals surface area contributed by atoms with Gasteiger partial charge in [0.2, 0.25) is 0 Å². The van der Waals surface area contributed by atoms with Gasteiger partial charge in [0, 0.05) is 20.9 Å². The third-order valence-corrected chi connectivity index (χ3v) is 5.94. The number of carbonyl (C=O) groups is 2.